The zero-order valence-electron chi connectivity index (χ0n) is 14.0. The summed E-state index contributed by atoms with van der Waals surface area (Å²) in [5.74, 6) is 1.36. The molecule has 0 fully saturated rings. The lowest BCUT2D eigenvalue weighted by Crippen LogP contribution is -2.10. The van der Waals surface area contributed by atoms with Crippen molar-refractivity contribution in [2.24, 2.45) is 5.16 Å². The third-order valence-electron chi connectivity index (χ3n) is 3.59. The number of benzene rings is 2. The topological polar surface area (TPSA) is 66.1 Å². The summed E-state index contributed by atoms with van der Waals surface area (Å²) in [5, 5.41) is 8.05. The van der Waals surface area contributed by atoms with Crippen LogP contribution in [0.3, 0.4) is 0 Å². The molecule has 0 aliphatic rings. The Kier molecular flexibility index (Phi) is 5.31. The van der Waals surface area contributed by atoms with Crippen LogP contribution in [0.25, 0.3) is 0 Å². The first-order valence-corrected chi connectivity index (χ1v) is 7.69. The Hall–Kier alpha value is -3.28. The van der Waals surface area contributed by atoms with Crippen LogP contribution in [0, 0.1) is 0 Å². The van der Waals surface area contributed by atoms with Gasteiger partial charge in [-0.05, 0) is 17.7 Å². The molecular formula is C19H18N2O4. The van der Waals surface area contributed by atoms with Crippen LogP contribution in [0.4, 0.5) is 0 Å². The smallest absolute Gasteiger partial charge is 0.161 e. The number of para-hydroxylation sites is 2. The highest BCUT2D eigenvalue weighted by molar-refractivity contribution is 6.12. The second-order valence-corrected chi connectivity index (χ2v) is 5.10. The van der Waals surface area contributed by atoms with Gasteiger partial charge in [-0.2, -0.15) is 0 Å². The normalized spacial score (nSPS) is 11.2. The summed E-state index contributed by atoms with van der Waals surface area (Å²) in [5.41, 5.74) is 2.96. The van der Waals surface area contributed by atoms with Gasteiger partial charge < -0.3 is 18.8 Å². The van der Waals surface area contributed by atoms with Crippen LogP contribution in [0.1, 0.15) is 16.8 Å². The predicted molar refractivity (Wildman–Crippen MR) is 92.9 cm³/mol. The lowest BCUT2D eigenvalue weighted by Gasteiger charge is -2.13. The van der Waals surface area contributed by atoms with Gasteiger partial charge in [-0.25, -0.2) is 0 Å². The van der Waals surface area contributed by atoms with Gasteiger partial charge in [0.25, 0.3) is 0 Å². The molecule has 1 heterocycles. The Balaban J connectivity index is 1.89. The number of ether oxygens (including phenoxy) is 2. The lowest BCUT2D eigenvalue weighted by atomic mass is 10.0. The second kappa shape index (κ2) is 8.01. The van der Waals surface area contributed by atoms with Crippen LogP contribution in [0.2, 0.25) is 0 Å². The molecule has 0 spiro atoms. The van der Waals surface area contributed by atoms with Crippen molar-refractivity contribution >= 4 is 5.71 Å². The Morgan fingerprint density at radius 1 is 1.00 bits per heavy atom. The van der Waals surface area contributed by atoms with E-state index in [0.717, 1.165) is 11.1 Å². The molecular weight excluding hydrogens is 320 g/mol. The molecule has 0 amide bonds. The molecule has 3 aromatic rings. The highest BCUT2D eigenvalue weighted by atomic mass is 16.6. The molecule has 0 bridgehead atoms. The minimum Gasteiger partial charge on any atom is -0.493 e. The van der Waals surface area contributed by atoms with Crippen molar-refractivity contribution < 1.29 is 18.8 Å². The summed E-state index contributed by atoms with van der Waals surface area (Å²) in [6.07, 6.45) is 1.49. The molecule has 6 heteroatoms. The van der Waals surface area contributed by atoms with Crippen molar-refractivity contribution in [3.8, 4) is 11.5 Å². The summed E-state index contributed by atoms with van der Waals surface area (Å²) in [6, 6.07) is 17.0. The molecule has 2 aromatic carbocycles. The van der Waals surface area contributed by atoms with Gasteiger partial charge in [0.15, 0.2) is 11.5 Å². The van der Waals surface area contributed by atoms with E-state index in [4.69, 9.17) is 18.8 Å². The summed E-state index contributed by atoms with van der Waals surface area (Å²) in [6.45, 7) is 0.344. The zero-order chi connectivity index (χ0) is 17.5. The van der Waals surface area contributed by atoms with Gasteiger partial charge in [0.05, 0.1) is 7.11 Å². The molecule has 1 aromatic heterocycles. The van der Waals surface area contributed by atoms with Gasteiger partial charge in [-0.1, -0.05) is 46.7 Å². The third kappa shape index (κ3) is 3.80. The first-order valence-electron chi connectivity index (χ1n) is 7.69. The third-order valence-corrected chi connectivity index (χ3v) is 3.59. The standard InChI is InChI=1S/C19H18N2O4/c1-22-17-9-5-6-10-18(17)24-13-14-7-3-4-8-15(14)19(21-23-2)16-11-12-25-20-16/h3-12H,13H2,1-2H3/b21-19-. The quantitative estimate of drug-likeness (QED) is 0.486. The van der Waals surface area contributed by atoms with E-state index in [-0.39, 0.29) is 0 Å². The number of hydrogen-bond acceptors (Lipinski definition) is 6. The van der Waals surface area contributed by atoms with Crippen LogP contribution < -0.4 is 9.47 Å². The van der Waals surface area contributed by atoms with Crippen molar-refractivity contribution in [2.75, 3.05) is 14.2 Å². The molecule has 0 N–H and O–H groups in total. The minimum absolute atomic E-state index is 0.344. The van der Waals surface area contributed by atoms with Gasteiger partial charge in [-0.15, -0.1) is 0 Å². The van der Waals surface area contributed by atoms with Crippen molar-refractivity contribution in [1.29, 1.82) is 0 Å². The fourth-order valence-corrected chi connectivity index (χ4v) is 2.43. The van der Waals surface area contributed by atoms with E-state index in [0.29, 0.717) is 29.5 Å². The number of aromatic nitrogens is 1. The molecule has 0 unspecified atom stereocenters. The summed E-state index contributed by atoms with van der Waals surface area (Å²) < 4.78 is 16.2. The Labute approximate surface area is 145 Å². The summed E-state index contributed by atoms with van der Waals surface area (Å²) in [7, 11) is 3.11. The fraction of sp³-hybridized carbons (Fsp3) is 0.158. The van der Waals surface area contributed by atoms with Crippen LogP contribution in [0.15, 0.2) is 70.5 Å². The van der Waals surface area contributed by atoms with Gasteiger partial charge in [0.1, 0.15) is 31.4 Å². The molecule has 128 valence electrons. The van der Waals surface area contributed by atoms with E-state index >= 15 is 0 Å². The summed E-state index contributed by atoms with van der Waals surface area (Å²) >= 11 is 0. The Morgan fingerprint density at radius 3 is 2.48 bits per heavy atom. The van der Waals surface area contributed by atoms with Crippen LogP contribution >= 0.6 is 0 Å². The second-order valence-electron chi connectivity index (χ2n) is 5.10. The van der Waals surface area contributed by atoms with Crippen molar-refractivity contribution in [2.45, 2.75) is 6.61 Å². The molecule has 6 nitrogen and oxygen atoms in total. The van der Waals surface area contributed by atoms with E-state index in [1.165, 1.54) is 13.4 Å². The van der Waals surface area contributed by atoms with Gasteiger partial charge in [0.2, 0.25) is 0 Å². The number of nitrogens with zero attached hydrogens (tertiary/aromatic N) is 2. The molecule has 3 rings (SSSR count). The van der Waals surface area contributed by atoms with E-state index < -0.39 is 0 Å². The van der Waals surface area contributed by atoms with E-state index in [1.54, 1.807) is 13.2 Å². The SMILES string of the molecule is CO/N=C(\c1ccon1)c1ccccc1COc1ccccc1OC. The van der Waals surface area contributed by atoms with Crippen LogP contribution in [-0.4, -0.2) is 25.1 Å². The van der Waals surface area contributed by atoms with Crippen molar-refractivity contribution in [3.05, 3.63) is 77.7 Å². The fourth-order valence-electron chi connectivity index (χ4n) is 2.43. The first kappa shape index (κ1) is 16.6. The van der Waals surface area contributed by atoms with Crippen LogP contribution in [0.5, 0.6) is 11.5 Å². The summed E-state index contributed by atoms with van der Waals surface area (Å²) in [4.78, 5) is 4.98. The average Bonchev–Trinajstić information content (AvgIpc) is 3.19. The molecule has 25 heavy (non-hydrogen) atoms. The maximum Gasteiger partial charge on any atom is 0.161 e. The van der Waals surface area contributed by atoms with Crippen molar-refractivity contribution in [3.63, 3.8) is 0 Å². The minimum atomic E-state index is 0.344. The maximum absolute atomic E-state index is 5.94. The van der Waals surface area contributed by atoms with Gasteiger partial charge in [0, 0.05) is 11.6 Å². The highest BCUT2D eigenvalue weighted by Gasteiger charge is 2.16. The average molecular weight is 338 g/mol. The molecule has 0 aliphatic carbocycles. The highest BCUT2D eigenvalue weighted by Crippen LogP contribution is 2.27. The molecule has 0 aliphatic heterocycles. The van der Waals surface area contributed by atoms with Crippen molar-refractivity contribution in [1.82, 2.24) is 5.16 Å². The first-order chi connectivity index (χ1) is 12.3. The number of rotatable bonds is 7. The maximum atomic E-state index is 5.94. The largest absolute Gasteiger partial charge is 0.493 e. The molecule has 0 saturated carbocycles. The molecule has 0 radical (unpaired) electrons. The lowest BCUT2D eigenvalue weighted by molar-refractivity contribution is 0.213. The predicted octanol–water partition coefficient (Wildman–Crippen LogP) is 3.66. The number of methoxy groups -OCH3 is 1. The van der Waals surface area contributed by atoms with E-state index in [9.17, 15) is 0 Å². The van der Waals surface area contributed by atoms with Crippen LogP contribution in [-0.2, 0) is 11.4 Å². The number of oxime groups is 1. The van der Waals surface area contributed by atoms with E-state index in [1.807, 2.05) is 48.5 Å². The Bertz CT molecular complexity index is 844. The van der Waals surface area contributed by atoms with Gasteiger partial charge >= 0.3 is 0 Å². The number of hydrogen-bond donors (Lipinski definition) is 0. The molecule has 0 saturated heterocycles. The zero-order valence-corrected chi connectivity index (χ0v) is 14.0. The molecule has 0 atom stereocenters. The monoisotopic (exact) mass is 338 g/mol. The van der Waals surface area contributed by atoms with Gasteiger partial charge in [-0.3, -0.25) is 0 Å². The van der Waals surface area contributed by atoms with E-state index in [2.05, 4.69) is 10.3 Å². The Morgan fingerprint density at radius 2 is 1.76 bits per heavy atom.